The number of sulfone groups is 1. The second kappa shape index (κ2) is 7.82. The van der Waals surface area contributed by atoms with Gasteiger partial charge in [-0.15, -0.1) is 0 Å². The number of hydrogen-bond donors (Lipinski definition) is 0. The summed E-state index contributed by atoms with van der Waals surface area (Å²) in [4.78, 5) is 4.95. The number of fused-ring (bicyclic) bond motifs is 1. The van der Waals surface area contributed by atoms with E-state index in [1.807, 2.05) is 30.3 Å². The molecule has 1 aliphatic heterocycles. The van der Waals surface area contributed by atoms with Crippen molar-refractivity contribution in [2.75, 3.05) is 31.3 Å². The van der Waals surface area contributed by atoms with E-state index in [1.165, 1.54) is 17.5 Å². The summed E-state index contributed by atoms with van der Waals surface area (Å²) < 4.78 is 23.9. The quantitative estimate of drug-likeness (QED) is 0.591. The molecule has 0 radical (unpaired) electrons. The number of nitrogens with zero attached hydrogens (tertiary/aromatic N) is 2. The summed E-state index contributed by atoms with van der Waals surface area (Å²) in [5.74, 6) is 0. The summed E-state index contributed by atoms with van der Waals surface area (Å²) in [6, 6.07) is 21.4. The highest BCUT2D eigenvalue weighted by Crippen LogP contribution is 2.35. The van der Waals surface area contributed by atoms with Crippen LogP contribution in [-0.4, -0.2) is 39.7 Å². The molecule has 4 rings (SSSR count). The molecule has 6 heteroatoms. The van der Waals surface area contributed by atoms with Gasteiger partial charge in [-0.1, -0.05) is 29.8 Å². The summed E-state index contributed by atoms with van der Waals surface area (Å²) in [6.45, 7) is 2.66. The lowest BCUT2D eigenvalue weighted by Gasteiger charge is -2.25. The molecule has 1 aliphatic rings. The molecule has 29 heavy (non-hydrogen) atoms. The lowest BCUT2D eigenvalue weighted by Crippen LogP contribution is -2.26. The normalized spacial score (nSPS) is 15.1. The highest BCUT2D eigenvalue weighted by atomic mass is 35.5. The zero-order valence-corrected chi connectivity index (χ0v) is 18.0. The Morgan fingerprint density at radius 3 is 2.34 bits per heavy atom. The molecular formula is C23H23ClN2O2S. The van der Waals surface area contributed by atoms with Gasteiger partial charge in [0.2, 0.25) is 0 Å². The summed E-state index contributed by atoms with van der Waals surface area (Å²) in [7, 11) is -1.12. The van der Waals surface area contributed by atoms with E-state index < -0.39 is 9.84 Å². The first-order valence-electron chi connectivity index (χ1n) is 9.46. The van der Waals surface area contributed by atoms with Crippen molar-refractivity contribution in [2.24, 2.45) is 0 Å². The van der Waals surface area contributed by atoms with Crippen molar-refractivity contribution in [3.8, 4) is 11.1 Å². The molecule has 150 valence electrons. The third-order valence-corrected chi connectivity index (χ3v) is 6.61. The minimum absolute atomic E-state index is 0.338. The van der Waals surface area contributed by atoms with Gasteiger partial charge in [-0.2, -0.15) is 0 Å². The van der Waals surface area contributed by atoms with Gasteiger partial charge in [0.15, 0.2) is 9.84 Å². The smallest absolute Gasteiger partial charge is 0.175 e. The van der Waals surface area contributed by atoms with Gasteiger partial charge in [0.25, 0.3) is 0 Å². The van der Waals surface area contributed by atoms with E-state index >= 15 is 0 Å². The van der Waals surface area contributed by atoms with Gasteiger partial charge in [0, 0.05) is 42.3 Å². The number of likely N-dealkylation sites (N-methyl/N-ethyl adjacent to an activating group) is 1. The molecule has 3 aromatic carbocycles. The van der Waals surface area contributed by atoms with E-state index in [9.17, 15) is 8.42 Å². The summed E-state index contributed by atoms with van der Waals surface area (Å²) in [5.41, 5.74) is 5.40. The molecule has 0 spiro atoms. The standard InChI is InChI=1S/C23H23ClN2O2S/c1-25-12-13-26(21-9-7-20(24)8-10-21)23-11-6-18(14-19(23)16-25)17-4-3-5-22(15-17)29(2,27)28/h3-11,14-15H,12-13,16H2,1-2H3. The Bertz CT molecular complexity index is 1140. The molecule has 0 fully saturated rings. The SMILES string of the molecule is CN1CCN(c2ccc(Cl)cc2)c2ccc(-c3cccc(S(C)(=O)=O)c3)cc2C1. The minimum Gasteiger partial charge on any atom is -0.340 e. The number of rotatable bonds is 3. The van der Waals surface area contributed by atoms with Crippen LogP contribution in [0.3, 0.4) is 0 Å². The predicted molar refractivity (Wildman–Crippen MR) is 120 cm³/mol. The maximum absolute atomic E-state index is 11.9. The van der Waals surface area contributed by atoms with E-state index in [-0.39, 0.29) is 0 Å². The largest absolute Gasteiger partial charge is 0.340 e. The first kappa shape index (κ1) is 20.0. The van der Waals surface area contributed by atoms with Crippen molar-refractivity contribution in [2.45, 2.75) is 11.4 Å². The maximum Gasteiger partial charge on any atom is 0.175 e. The van der Waals surface area contributed by atoms with Crippen molar-refractivity contribution in [3.05, 3.63) is 77.3 Å². The monoisotopic (exact) mass is 426 g/mol. The molecule has 0 saturated carbocycles. The van der Waals surface area contributed by atoms with E-state index in [2.05, 4.69) is 35.0 Å². The molecule has 0 unspecified atom stereocenters. The van der Waals surface area contributed by atoms with Crippen LogP contribution in [-0.2, 0) is 16.4 Å². The molecule has 0 bridgehead atoms. The lowest BCUT2D eigenvalue weighted by molar-refractivity contribution is 0.343. The van der Waals surface area contributed by atoms with E-state index in [4.69, 9.17) is 11.6 Å². The zero-order valence-electron chi connectivity index (χ0n) is 16.5. The average molecular weight is 427 g/mol. The van der Waals surface area contributed by atoms with Crippen molar-refractivity contribution >= 4 is 32.8 Å². The fourth-order valence-electron chi connectivity index (χ4n) is 3.71. The topological polar surface area (TPSA) is 40.6 Å². The molecule has 1 heterocycles. The fraction of sp³-hybridized carbons (Fsp3) is 0.217. The van der Waals surface area contributed by atoms with Crippen molar-refractivity contribution < 1.29 is 8.42 Å². The number of hydrogen-bond acceptors (Lipinski definition) is 4. The molecule has 0 aliphatic carbocycles. The molecule has 0 N–H and O–H groups in total. The fourth-order valence-corrected chi connectivity index (χ4v) is 4.50. The molecule has 4 nitrogen and oxygen atoms in total. The van der Waals surface area contributed by atoms with Crippen LogP contribution >= 0.6 is 11.6 Å². The van der Waals surface area contributed by atoms with Gasteiger partial charge >= 0.3 is 0 Å². The Balaban J connectivity index is 1.78. The molecule has 3 aromatic rings. The Labute approximate surface area is 177 Å². The number of benzene rings is 3. The Hall–Kier alpha value is -2.34. The molecular weight excluding hydrogens is 404 g/mol. The summed E-state index contributed by atoms with van der Waals surface area (Å²) >= 11 is 6.07. The molecule has 0 saturated heterocycles. The zero-order chi connectivity index (χ0) is 20.6. The first-order valence-corrected chi connectivity index (χ1v) is 11.7. The minimum atomic E-state index is -3.24. The summed E-state index contributed by atoms with van der Waals surface area (Å²) in [5, 5.41) is 0.724. The van der Waals surface area contributed by atoms with Gasteiger partial charge in [0.1, 0.15) is 0 Å². The van der Waals surface area contributed by atoms with Crippen LogP contribution < -0.4 is 4.90 Å². The van der Waals surface area contributed by atoms with Crippen LogP contribution in [0.5, 0.6) is 0 Å². The predicted octanol–water partition coefficient (Wildman–Crippen LogP) is 4.99. The van der Waals surface area contributed by atoms with E-state index in [1.54, 1.807) is 18.2 Å². The van der Waals surface area contributed by atoms with Gasteiger partial charge in [-0.05, 0) is 72.3 Å². The van der Waals surface area contributed by atoms with Crippen LogP contribution in [0.1, 0.15) is 5.56 Å². The third kappa shape index (κ3) is 4.32. The van der Waals surface area contributed by atoms with Crippen molar-refractivity contribution in [1.29, 1.82) is 0 Å². The van der Waals surface area contributed by atoms with Crippen LogP contribution in [0.25, 0.3) is 11.1 Å². The highest BCUT2D eigenvalue weighted by Gasteiger charge is 2.20. The van der Waals surface area contributed by atoms with Gasteiger partial charge in [-0.25, -0.2) is 8.42 Å². The van der Waals surface area contributed by atoms with Crippen LogP contribution in [0, 0.1) is 0 Å². The molecule has 0 amide bonds. The van der Waals surface area contributed by atoms with Crippen LogP contribution in [0.4, 0.5) is 11.4 Å². The maximum atomic E-state index is 11.9. The Morgan fingerprint density at radius 2 is 1.62 bits per heavy atom. The second-order valence-electron chi connectivity index (χ2n) is 7.51. The van der Waals surface area contributed by atoms with Gasteiger partial charge in [-0.3, -0.25) is 0 Å². The van der Waals surface area contributed by atoms with Gasteiger partial charge < -0.3 is 9.80 Å². The average Bonchev–Trinajstić information content (AvgIpc) is 2.86. The first-order chi connectivity index (χ1) is 13.8. The van der Waals surface area contributed by atoms with Crippen molar-refractivity contribution in [1.82, 2.24) is 4.90 Å². The van der Waals surface area contributed by atoms with Crippen molar-refractivity contribution in [3.63, 3.8) is 0 Å². The molecule has 0 aromatic heterocycles. The number of anilines is 2. The third-order valence-electron chi connectivity index (χ3n) is 5.25. The van der Waals surface area contributed by atoms with E-state index in [0.29, 0.717) is 4.90 Å². The van der Waals surface area contributed by atoms with Gasteiger partial charge in [0.05, 0.1) is 4.90 Å². The highest BCUT2D eigenvalue weighted by molar-refractivity contribution is 7.90. The molecule has 0 atom stereocenters. The van der Waals surface area contributed by atoms with Crippen LogP contribution in [0.15, 0.2) is 71.6 Å². The second-order valence-corrected chi connectivity index (χ2v) is 9.96. The number of halogens is 1. The van der Waals surface area contributed by atoms with Crippen LogP contribution in [0.2, 0.25) is 5.02 Å². The lowest BCUT2D eigenvalue weighted by atomic mass is 10.0. The Morgan fingerprint density at radius 1 is 0.897 bits per heavy atom. The summed E-state index contributed by atoms with van der Waals surface area (Å²) in [6.07, 6.45) is 1.24. The van der Waals surface area contributed by atoms with E-state index in [0.717, 1.165) is 41.5 Å². The Kier molecular flexibility index (Phi) is 5.38.